The van der Waals surface area contributed by atoms with Gasteiger partial charge >= 0.3 is 0 Å². The Kier molecular flexibility index (Phi) is 4.21. The number of aromatic nitrogens is 1. The topological polar surface area (TPSA) is 49.6 Å². The molecule has 1 fully saturated rings. The summed E-state index contributed by atoms with van der Waals surface area (Å²) in [5, 5.41) is 1.04. The van der Waals surface area contributed by atoms with Crippen molar-refractivity contribution in [2.45, 2.75) is 0 Å². The summed E-state index contributed by atoms with van der Waals surface area (Å²) in [6.07, 6.45) is 5.13. The Bertz CT molecular complexity index is 860. The normalized spacial score (nSPS) is 15.2. The van der Waals surface area contributed by atoms with Crippen LogP contribution in [0.25, 0.3) is 17.0 Å². The molecule has 126 valence electrons. The molecule has 0 N–H and O–H groups in total. The van der Waals surface area contributed by atoms with E-state index in [0.29, 0.717) is 18.8 Å². The van der Waals surface area contributed by atoms with Gasteiger partial charge < -0.3 is 14.2 Å². The smallest absolute Gasteiger partial charge is 0.246 e. The van der Waals surface area contributed by atoms with Gasteiger partial charge in [0.15, 0.2) is 0 Å². The predicted molar refractivity (Wildman–Crippen MR) is 98.3 cm³/mol. The first-order valence-corrected chi connectivity index (χ1v) is 8.41. The van der Waals surface area contributed by atoms with Crippen LogP contribution in [-0.2, 0) is 4.79 Å². The molecule has 5 heteroatoms. The Morgan fingerprint density at radius 2 is 1.84 bits per heavy atom. The minimum atomic E-state index is 0.0149. The summed E-state index contributed by atoms with van der Waals surface area (Å²) in [6.45, 7) is 2.97. The molecule has 3 heterocycles. The highest BCUT2D eigenvalue weighted by Crippen LogP contribution is 2.20. The molecule has 0 spiro atoms. The van der Waals surface area contributed by atoms with Gasteiger partial charge in [-0.15, -0.1) is 0 Å². The molecule has 3 aromatic rings. The molecular weight excluding hydrogens is 314 g/mol. The van der Waals surface area contributed by atoms with Gasteiger partial charge in [-0.2, -0.15) is 0 Å². The minimum absolute atomic E-state index is 0.0149. The number of fused-ring (bicyclic) bond motifs is 1. The first kappa shape index (κ1) is 15.4. The van der Waals surface area contributed by atoms with Gasteiger partial charge in [0.05, 0.1) is 0 Å². The molecule has 1 amide bonds. The number of anilines is 1. The Hall–Kier alpha value is -3.08. The molecule has 0 bridgehead atoms. The van der Waals surface area contributed by atoms with E-state index < -0.39 is 0 Å². The van der Waals surface area contributed by atoms with E-state index in [4.69, 9.17) is 4.42 Å². The molecule has 1 aromatic carbocycles. The molecule has 4 rings (SSSR count). The van der Waals surface area contributed by atoms with Gasteiger partial charge in [0, 0.05) is 43.8 Å². The second-order valence-electron chi connectivity index (χ2n) is 6.02. The van der Waals surface area contributed by atoms with E-state index in [2.05, 4.69) is 9.88 Å². The molecule has 1 saturated heterocycles. The summed E-state index contributed by atoms with van der Waals surface area (Å²) in [5.41, 5.74) is 0.832. The Morgan fingerprint density at radius 1 is 1.04 bits per heavy atom. The van der Waals surface area contributed by atoms with E-state index in [-0.39, 0.29) is 5.91 Å². The first-order valence-electron chi connectivity index (χ1n) is 8.41. The average molecular weight is 333 g/mol. The van der Waals surface area contributed by atoms with E-state index in [1.165, 1.54) is 0 Å². The Labute approximate surface area is 146 Å². The lowest BCUT2D eigenvalue weighted by Crippen LogP contribution is -2.48. The first-order chi connectivity index (χ1) is 12.3. The predicted octanol–water partition coefficient (Wildman–Crippen LogP) is 3.19. The van der Waals surface area contributed by atoms with Crippen molar-refractivity contribution in [1.82, 2.24) is 9.88 Å². The fraction of sp³-hybridized carbons (Fsp3) is 0.200. The number of carbonyl (C=O) groups excluding carboxylic acids is 1. The van der Waals surface area contributed by atoms with E-state index in [1.807, 2.05) is 53.4 Å². The van der Waals surface area contributed by atoms with Gasteiger partial charge in [0.2, 0.25) is 5.91 Å². The van der Waals surface area contributed by atoms with Crippen LogP contribution in [0.5, 0.6) is 0 Å². The van der Waals surface area contributed by atoms with Crippen LogP contribution in [0, 0.1) is 0 Å². The number of piperazine rings is 1. The van der Waals surface area contributed by atoms with Crippen LogP contribution in [0.3, 0.4) is 0 Å². The molecule has 1 aliphatic heterocycles. The van der Waals surface area contributed by atoms with Gasteiger partial charge in [0.1, 0.15) is 17.2 Å². The second-order valence-corrected chi connectivity index (χ2v) is 6.02. The number of pyridine rings is 1. The molecule has 0 atom stereocenters. The largest absolute Gasteiger partial charge is 0.457 e. The van der Waals surface area contributed by atoms with Crippen LogP contribution >= 0.6 is 0 Å². The average Bonchev–Trinajstić information content (AvgIpc) is 3.10. The highest BCUT2D eigenvalue weighted by molar-refractivity contribution is 5.92. The lowest BCUT2D eigenvalue weighted by Gasteiger charge is -2.34. The molecule has 2 aromatic heterocycles. The number of amides is 1. The van der Waals surface area contributed by atoms with Crippen LogP contribution < -0.4 is 4.90 Å². The highest BCUT2D eigenvalue weighted by atomic mass is 16.3. The van der Waals surface area contributed by atoms with Crippen LogP contribution in [-0.4, -0.2) is 42.0 Å². The lowest BCUT2D eigenvalue weighted by atomic mass is 10.2. The van der Waals surface area contributed by atoms with Crippen molar-refractivity contribution in [1.29, 1.82) is 0 Å². The summed E-state index contributed by atoms with van der Waals surface area (Å²) < 4.78 is 5.71. The third kappa shape index (κ3) is 3.40. The molecule has 0 radical (unpaired) electrons. The molecule has 0 aliphatic carbocycles. The van der Waals surface area contributed by atoms with Crippen molar-refractivity contribution >= 4 is 28.8 Å². The van der Waals surface area contributed by atoms with Crippen LogP contribution in [0.15, 0.2) is 65.2 Å². The number of para-hydroxylation sites is 1. The van der Waals surface area contributed by atoms with Crippen molar-refractivity contribution in [3.05, 3.63) is 66.6 Å². The third-order valence-corrected chi connectivity index (χ3v) is 4.40. The second kappa shape index (κ2) is 6.81. The van der Waals surface area contributed by atoms with Crippen molar-refractivity contribution in [3.8, 4) is 0 Å². The van der Waals surface area contributed by atoms with E-state index in [0.717, 1.165) is 29.9 Å². The van der Waals surface area contributed by atoms with Crippen molar-refractivity contribution in [2.75, 3.05) is 31.1 Å². The molecule has 0 unspecified atom stereocenters. The third-order valence-electron chi connectivity index (χ3n) is 4.40. The number of hydrogen-bond donors (Lipinski definition) is 0. The van der Waals surface area contributed by atoms with E-state index in [9.17, 15) is 4.79 Å². The lowest BCUT2D eigenvalue weighted by molar-refractivity contribution is -0.126. The fourth-order valence-electron chi connectivity index (χ4n) is 3.04. The van der Waals surface area contributed by atoms with Gasteiger partial charge in [-0.25, -0.2) is 4.98 Å². The van der Waals surface area contributed by atoms with Crippen molar-refractivity contribution < 1.29 is 9.21 Å². The zero-order valence-electron chi connectivity index (χ0n) is 13.8. The fourth-order valence-corrected chi connectivity index (χ4v) is 3.04. The Balaban J connectivity index is 1.37. The molecule has 1 aliphatic rings. The number of carbonyl (C=O) groups is 1. The summed E-state index contributed by atoms with van der Waals surface area (Å²) in [4.78, 5) is 20.8. The zero-order valence-corrected chi connectivity index (χ0v) is 13.8. The number of nitrogens with zero attached hydrogens (tertiary/aromatic N) is 3. The van der Waals surface area contributed by atoms with Crippen LogP contribution in [0.4, 0.5) is 5.82 Å². The molecular formula is C20H19N3O2. The van der Waals surface area contributed by atoms with E-state index >= 15 is 0 Å². The zero-order chi connectivity index (χ0) is 17.1. The Morgan fingerprint density at radius 3 is 2.60 bits per heavy atom. The van der Waals surface area contributed by atoms with Crippen molar-refractivity contribution in [2.24, 2.45) is 0 Å². The van der Waals surface area contributed by atoms with Gasteiger partial charge in [0.25, 0.3) is 0 Å². The minimum Gasteiger partial charge on any atom is -0.457 e. The van der Waals surface area contributed by atoms with Crippen LogP contribution in [0.2, 0.25) is 0 Å². The number of furan rings is 1. The molecule has 5 nitrogen and oxygen atoms in total. The highest BCUT2D eigenvalue weighted by Gasteiger charge is 2.20. The summed E-state index contributed by atoms with van der Waals surface area (Å²) >= 11 is 0. The molecule has 25 heavy (non-hydrogen) atoms. The standard InChI is InChI=1S/C20H19N3O2/c24-20(9-8-17-15-16-5-1-2-6-18(16)25-17)23-13-11-22(12-14-23)19-7-3-4-10-21-19/h1-10,15H,11-14H2/b9-8-. The monoisotopic (exact) mass is 333 g/mol. The number of benzene rings is 1. The van der Waals surface area contributed by atoms with Crippen molar-refractivity contribution in [3.63, 3.8) is 0 Å². The summed E-state index contributed by atoms with van der Waals surface area (Å²) in [7, 11) is 0. The maximum atomic E-state index is 12.4. The summed E-state index contributed by atoms with van der Waals surface area (Å²) in [6, 6.07) is 15.7. The molecule has 0 saturated carbocycles. The maximum absolute atomic E-state index is 12.4. The van der Waals surface area contributed by atoms with Gasteiger partial charge in [-0.1, -0.05) is 24.3 Å². The van der Waals surface area contributed by atoms with E-state index in [1.54, 1.807) is 18.3 Å². The van der Waals surface area contributed by atoms with Gasteiger partial charge in [-0.3, -0.25) is 4.79 Å². The quantitative estimate of drug-likeness (QED) is 0.691. The van der Waals surface area contributed by atoms with Crippen LogP contribution in [0.1, 0.15) is 5.76 Å². The van der Waals surface area contributed by atoms with Gasteiger partial charge in [-0.05, 0) is 30.3 Å². The maximum Gasteiger partial charge on any atom is 0.246 e. The summed E-state index contributed by atoms with van der Waals surface area (Å²) in [5.74, 6) is 1.68. The SMILES string of the molecule is O=C(/C=C\c1cc2ccccc2o1)N1CCN(c2ccccn2)CC1. The number of rotatable bonds is 3. The number of hydrogen-bond acceptors (Lipinski definition) is 4.